The molecule has 0 unspecified atom stereocenters. The maximum Gasteiger partial charge on any atom is 0.272 e. The predicted octanol–water partition coefficient (Wildman–Crippen LogP) is 5.38. The van der Waals surface area contributed by atoms with Crippen molar-refractivity contribution < 1.29 is 14.3 Å². The topological polar surface area (TPSA) is 67.7 Å². The Hall–Kier alpha value is -2.54. The Morgan fingerprint density at radius 2 is 1.83 bits per heavy atom. The maximum atomic E-state index is 13.7. The largest absolute Gasteiger partial charge is 0.493 e. The van der Waals surface area contributed by atoms with Gasteiger partial charge >= 0.3 is 0 Å². The fourth-order valence-corrected chi connectivity index (χ4v) is 5.54. The van der Waals surface area contributed by atoms with Gasteiger partial charge in [0.25, 0.3) is 5.91 Å². The van der Waals surface area contributed by atoms with E-state index in [4.69, 9.17) is 16.3 Å². The number of piperidine rings is 2. The molecule has 2 saturated heterocycles. The van der Waals surface area contributed by atoms with Crippen LogP contribution in [-0.2, 0) is 11.3 Å². The summed E-state index contributed by atoms with van der Waals surface area (Å²) >= 11 is 6.17. The molecule has 0 radical (unpaired) electrons. The summed E-state index contributed by atoms with van der Waals surface area (Å²) in [5.41, 5.74) is 1.09. The van der Waals surface area contributed by atoms with E-state index in [2.05, 4.69) is 18.9 Å². The van der Waals surface area contributed by atoms with Crippen LogP contribution in [0.2, 0.25) is 5.02 Å². The third-order valence-corrected chi connectivity index (χ3v) is 7.67. The third kappa shape index (κ3) is 6.23. The van der Waals surface area contributed by atoms with Crippen LogP contribution in [-0.4, -0.2) is 64.2 Å². The first kappa shape index (κ1) is 26.5. The van der Waals surface area contributed by atoms with E-state index >= 15 is 0 Å². The molecule has 0 bridgehead atoms. The fraction of sp³-hybridized carbons (Fsp3) is 0.607. The molecule has 2 aliphatic rings. The molecular formula is C28H39ClN4O3. The van der Waals surface area contributed by atoms with Gasteiger partial charge in [-0.05, 0) is 69.2 Å². The summed E-state index contributed by atoms with van der Waals surface area (Å²) in [6.45, 7) is 9.97. The Labute approximate surface area is 219 Å². The van der Waals surface area contributed by atoms with Crippen LogP contribution in [0.15, 0.2) is 30.3 Å². The fourth-order valence-electron chi connectivity index (χ4n) is 5.36. The Morgan fingerprint density at radius 3 is 2.53 bits per heavy atom. The number of nitrogens with zero attached hydrogens (tertiary/aromatic N) is 4. The molecule has 2 fully saturated rings. The summed E-state index contributed by atoms with van der Waals surface area (Å²) in [7, 11) is 0. The Morgan fingerprint density at radius 1 is 1.08 bits per heavy atom. The number of benzene rings is 1. The first-order valence-electron chi connectivity index (χ1n) is 13.3. The summed E-state index contributed by atoms with van der Waals surface area (Å²) < 4.78 is 8.02. The number of hydrogen-bond donors (Lipinski definition) is 0. The average molecular weight is 515 g/mol. The van der Waals surface area contributed by atoms with Crippen LogP contribution in [0.4, 0.5) is 0 Å². The summed E-state index contributed by atoms with van der Waals surface area (Å²) in [6, 6.07) is 9.27. The highest BCUT2D eigenvalue weighted by molar-refractivity contribution is 6.30. The monoisotopic (exact) mass is 514 g/mol. The highest BCUT2D eigenvalue weighted by atomic mass is 35.5. The first-order chi connectivity index (χ1) is 17.3. The molecule has 1 atom stereocenters. The lowest BCUT2D eigenvalue weighted by molar-refractivity contribution is -0.136. The lowest BCUT2D eigenvalue weighted by atomic mass is 9.77. The molecule has 7 nitrogen and oxygen atoms in total. The zero-order valence-electron chi connectivity index (χ0n) is 21.8. The van der Waals surface area contributed by atoms with E-state index in [1.807, 2.05) is 41.0 Å². The van der Waals surface area contributed by atoms with E-state index < -0.39 is 5.41 Å². The van der Waals surface area contributed by atoms with Gasteiger partial charge in [-0.3, -0.25) is 14.3 Å². The van der Waals surface area contributed by atoms with Gasteiger partial charge in [-0.2, -0.15) is 5.10 Å². The minimum Gasteiger partial charge on any atom is -0.493 e. The number of halogens is 1. The van der Waals surface area contributed by atoms with Crippen molar-refractivity contribution in [2.45, 2.75) is 71.8 Å². The van der Waals surface area contributed by atoms with E-state index in [1.54, 1.807) is 10.7 Å². The third-order valence-electron chi connectivity index (χ3n) is 7.43. The number of aryl methyl sites for hydroxylation is 1. The molecule has 0 N–H and O–H groups in total. The molecule has 2 aromatic rings. The van der Waals surface area contributed by atoms with Gasteiger partial charge in [0.15, 0.2) is 0 Å². The van der Waals surface area contributed by atoms with Gasteiger partial charge in [0.05, 0.1) is 12.3 Å². The Kier molecular flexibility index (Phi) is 8.60. The maximum absolute atomic E-state index is 13.7. The SMILES string of the molecule is CCn1nc(C(C)C)cc1C(=O)N1CCC[C@](COc2cccc(Cl)c2)(CC(=O)N2CCCCC2)C1. The molecule has 1 aromatic carbocycles. The molecule has 0 aliphatic carbocycles. The molecule has 196 valence electrons. The number of hydrogen-bond acceptors (Lipinski definition) is 4. The summed E-state index contributed by atoms with van der Waals surface area (Å²) in [5, 5.41) is 5.26. The molecule has 2 aliphatic heterocycles. The molecule has 0 saturated carbocycles. The average Bonchev–Trinajstić information content (AvgIpc) is 3.33. The summed E-state index contributed by atoms with van der Waals surface area (Å²) in [5.74, 6) is 1.08. The second kappa shape index (κ2) is 11.7. The second-order valence-electron chi connectivity index (χ2n) is 10.6. The molecule has 8 heteroatoms. The van der Waals surface area contributed by atoms with Gasteiger partial charge in [0.2, 0.25) is 5.91 Å². The minimum atomic E-state index is -0.456. The molecule has 2 amide bonds. The van der Waals surface area contributed by atoms with E-state index in [9.17, 15) is 9.59 Å². The Bertz CT molecular complexity index is 1060. The van der Waals surface area contributed by atoms with Gasteiger partial charge in [-0.1, -0.05) is 31.5 Å². The zero-order chi connectivity index (χ0) is 25.7. The molecular weight excluding hydrogens is 476 g/mol. The predicted molar refractivity (Wildman–Crippen MR) is 142 cm³/mol. The van der Waals surface area contributed by atoms with Crippen molar-refractivity contribution in [2.24, 2.45) is 5.41 Å². The number of aromatic nitrogens is 2. The number of carbonyl (C=O) groups is 2. The highest BCUT2D eigenvalue weighted by Gasteiger charge is 2.41. The van der Waals surface area contributed by atoms with Crippen LogP contribution in [0.25, 0.3) is 0 Å². The summed E-state index contributed by atoms with van der Waals surface area (Å²) in [4.78, 5) is 31.0. The van der Waals surface area contributed by atoms with E-state index in [0.717, 1.165) is 44.5 Å². The first-order valence-corrected chi connectivity index (χ1v) is 13.7. The number of ether oxygens (including phenoxy) is 1. The van der Waals surface area contributed by atoms with Crippen molar-refractivity contribution in [1.82, 2.24) is 19.6 Å². The molecule has 3 heterocycles. The molecule has 36 heavy (non-hydrogen) atoms. The Balaban J connectivity index is 1.56. The van der Waals surface area contributed by atoms with Crippen molar-refractivity contribution in [2.75, 3.05) is 32.8 Å². The van der Waals surface area contributed by atoms with E-state index in [1.165, 1.54) is 6.42 Å². The van der Waals surface area contributed by atoms with E-state index in [0.29, 0.717) is 49.1 Å². The van der Waals surface area contributed by atoms with Crippen molar-refractivity contribution in [3.8, 4) is 5.75 Å². The zero-order valence-corrected chi connectivity index (χ0v) is 22.6. The van der Waals surface area contributed by atoms with Crippen molar-refractivity contribution in [3.63, 3.8) is 0 Å². The van der Waals surface area contributed by atoms with Crippen LogP contribution in [0.5, 0.6) is 5.75 Å². The van der Waals surface area contributed by atoms with Gasteiger partial charge < -0.3 is 14.5 Å². The van der Waals surface area contributed by atoms with Gasteiger partial charge in [-0.15, -0.1) is 0 Å². The van der Waals surface area contributed by atoms with Gasteiger partial charge in [0, 0.05) is 49.6 Å². The number of rotatable bonds is 8. The molecule has 4 rings (SSSR count). The lowest BCUT2D eigenvalue weighted by Crippen LogP contribution is -2.51. The normalized spacial score (nSPS) is 20.6. The second-order valence-corrected chi connectivity index (χ2v) is 11.1. The van der Waals surface area contributed by atoms with Crippen LogP contribution in [0.1, 0.15) is 81.4 Å². The van der Waals surface area contributed by atoms with Gasteiger partial charge in [0.1, 0.15) is 11.4 Å². The number of likely N-dealkylation sites (tertiary alicyclic amines) is 2. The van der Waals surface area contributed by atoms with E-state index in [-0.39, 0.29) is 17.7 Å². The summed E-state index contributed by atoms with van der Waals surface area (Å²) in [6.07, 6.45) is 5.33. The molecule has 0 spiro atoms. The van der Waals surface area contributed by atoms with Crippen LogP contribution in [0.3, 0.4) is 0 Å². The lowest BCUT2D eigenvalue weighted by Gasteiger charge is -2.43. The molecule has 1 aromatic heterocycles. The highest BCUT2D eigenvalue weighted by Crippen LogP contribution is 2.36. The van der Waals surface area contributed by atoms with Crippen LogP contribution < -0.4 is 4.74 Å². The quantitative estimate of drug-likeness (QED) is 0.474. The number of amides is 2. The van der Waals surface area contributed by atoms with Crippen molar-refractivity contribution in [1.29, 1.82) is 0 Å². The number of carbonyl (C=O) groups excluding carboxylic acids is 2. The van der Waals surface area contributed by atoms with Crippen molar-refractivity contribution >= 4 is 23.4 Å². The van der Waals surface area contributed by atoms with Crippen molar-refractivity contribution in [3.05, 3.63) is 46.7 Å². The smallest absolute Gasteiger partial charge is 0.272 e. The minimum absolute atomic E-state index is 0.0199. The standard InChI is InChI=1S/C28H39ClN4O3/c1-4-33-25(17-24(30-33)21(2)3)27(35)32-15-9-12-28(19-32,18-26(34)31-13-6-5-7-14-31)20-36-23-11-8-10-22(29)16-23/h8,10-11,16-17,21H,4-7,9,12-15,18-20H2,1-3H3/t28-/m0/s1. The van der Waals surface area contributed by atoms with Gasteiger partial charge in [-0.25, -0.2) is 0 Å². The van der Waals surface area contributed by atoms with Crippen LogP contribution in [0, 0.1) is 5.41 Å². The van der Waals surface area contributed by atoms with Crippen LogP contribution >= 0.6 is 11.6 Å².